The fraction of sp³-hybridized carbons (Fsp3) is 0.250. The van der Waals surface area contributed by atoms with Crippen molar-refractivity contribution in [3.63, 3.8) is 0 Å². The Morgan fingerprint density at radius 1 is 1.11 bits per heavy atom. The van der Waals surface area contributed by atoms with Crippen LogP contribution in [0.1, 0.15) is 29.3 Å². The molecule has 0 bridgehead atoms. The van der Waals surface area contributed by atoms with E-state index < -0.39 is 24.1 Å². The van der Waals surface area contributed by atoms with Crippen LogP contribution < -0.4 is 9.47 Å². The minimum atomic E-state index is -0.823. The smallest absolute Gasteiger partial charge is 0.416 e. The molecule has 1 aliphatic heterocycles. The lowest BCUT2D eigenvalue weighted by molar-refractivity contribution is 0.0754. The molecule has 1 unspecified atom stereocenters. The molecule has 4 aromatic rings. The molecule has 5 rings (SSSR count). The van der Waals surface area contributed by atoms with E-state index in [0.717, 1.165) is 27.7 Å². The third-order valence-corrected chi connectivity index (χ3v) is 6.70. The number of aromatic nitrogens is 1. The Bertz CT molecular complexity index is 1390. The van der Waals surface area contributed by atoms with Crippen molar-refractivity contribution < 1.29 is 28.9 Å². The number of hydrogen-bond donors (Lipinski definition) is 3. The van der Waals surface area contributed by atoms with Crippen LogP contribution in [0.2, 0.25) is 5.02 Å². The number of fused-ring (bicyclic) bond motifs is 3. The number of nitrogens with one attached hydrogen (secondary N) is 1. The van der Waals surface area contributed by atoms with E-state index in [9.17, 15) is 14.3 Å². The summed E-state index contributed by atoms with van der Waals surface area (Å²) in [6.45, 7) is 0.355. The molecule has 1 aliphatic rings. The molecule has 37 heavy (non-hydrogen) atoms. The second kappa shape index (κ2) is 10.8. The van der Waals surface area contributed by atoms with Gasteiger partial charge in [-0.25, -0.2) is 9.18 Å². The molecule has 1 aromatic heterocycles. The molecule has 0 spiro atoms. The first kappa shape index (κ1) is 25.1. The van der Waals surface area contributed by atoms with Gasteiger partial charge >= 0.3 is 6.09 Å². The minimum Gasteiger partial charge on any atom is -0.493 e. The molecular formula is C28H26ClFN2O5. The van der Waals surface area contributed by atoms with E-state index in [1.54, 1.807) is 17.0 Å². The summed E-state index contributed by atoms with van der Waals surface area (Å²) < 4.78 is 24.6. The van der Waals surface area contributed by atoms with Gasteiger partial charge in [0.2, 0.25) is 0 Å². The van der Waals surface area contributed by atoms with Crippen LogP contribution in [0.5, 0.6) is 11.5 Å². The Hall–Kier alpha value is -3.59. The van der Waals surface area contributed by atoms with Gasteiger partial charge in [0.25, 0.3) is 0 Å². The minimum absolute atomic E-state index is 0.257. The molecule has 7 nitrogen and oxygen atoms in total. The summed E-state index contributed by atoms with van der Waals surface area (Å²) in [6, 6.07) is 17.9. The number of hydrogen-bond acceptors (Lipinski definition) is 5. The SMILES string of the molecule is O=C(Oc1ccc(F)cc1)N1CCc2c([nH]c3ccc(Cl)cc23)C1c1ccc(OCC[C@H](O)CO)cc1. The van der Waals surface area contributed by atoms with Crippen molar-refractivity contribution in [2.45, 2.75) is 25.0 Å². The van der Waals surface area contributed by atoms with Crippen LogP contribution in [0.3, 0.4) is 0 Å². The molecule has 0 saturated carbocycles. The van der Waals surface area contributed by atoms with E-state index in [4.69, 9.17) is 26.2 Å². The van der Waals surface area contributed by atoms with Crippen molar-refractivity contribution in [3.05, 3.63) is 94.4 Å². The van der Waals surface area contributed by atoms with E-state index in [0.29, 0.717) is 30.2 Å². The van der Waals surface area contributed by atoms with Crippen LogP contribution in [-0.2, 0) is 6.42 Å². The van der Waals surface area contributed by atoms with Gasteiger partial charge in [0.15, 0.2) is 0 Å². The molecule has 0 saturated heterocycles. The highest BCUT2D eigenvalue weighted by atomic mass is 35.5. The maximum atomic E-state index is 13.3. The molecule has 2 atom stereocenters. The molecule has 0 aliphatic carbocycles. The second-order valence-electron chi connectivity index (χ2n) is 8.92. The van der Waals surface area contributed by atoms with Gasteiger partial charge in [0.1, 0.15) is 23.4 Å². The zero-order valence-corrected chi connectivity index (χ0v) is 20.6. The quantitative estimate of drug-likeness (QED) is 0.308. The number of halogens is 2. The molecule has 1 amide bonds. The summed E-state index contributed by atoms with van der Waals surface area (Å²) in [7, 11) is 0. The number of aliphatic hydroxyl groups excluding tert-OH is 2. The maximum Gasteiger partial charge on any atom is 0.416 e. The van der Waals surface area contributed by atoms with Crippen molar-refractivity contribution in [1.29, 1.82) is 0 Å². The van der Waals surface area contributed by atoms with Gasteiger partial charge in [-0.05, 0) is 72.1 Å². The third-order valence-electron chi connectivity index (χ3n) is 6.47. The first-order valence-corrected chi connectivity index (χ1v) is 12.4. The van der Waals surface area contributed by atoms with Crippen LogP contribution in [0, 0.1) is 5.82 Å². The summed E-state index contributed by atoms with van der Waals surface area (Å²) in [6.07, 6.45) is -0.447. The lowest BCUT2D eigenvalue weighted by Gasteiger charge is -2.35. The van der Waals surface area contributed by atoms with E-state index >= 15 is 0 Å². The topological polar surface area (TPSA) is 95.0 Å². The molecule has 192 valence electrons. The van der Waals surface area contributed by atoms with Crippen molar-refractivity contribution in [3.8, 4) is 11.5 Å². The highest BCUT2D eigenvalue weighted by molar-refractivity contribution is 6.31. The molecular weight excluding hydrogens is 499 g/mol. The van der Waals surface area contributed by atoms with Gasteiger partial charge < -0.3 is 24.7 Å². The average Bonchev–Trinajstić information content (AvgIpc) is 3.27. The van der Waals surface area contributed by atoms with Crippen molar-refractivity contribution in [2.24, 2.45) is 0 Å². The largest absolute Gasteiger partial charge is 0.493 e. The standard InChI is InChI=1S/C28H26ClFN2O5/c29-18-3-10-25-24(15-18)23-11-13-32(28(35)37-22-8-4-19(30)5-9-22)27(26(23)31-25)17-1-6-21(7-2-17)36-14-12-20(34)16-33/h1-10,15,20,27,31,33-34H,11-14,16H2/t20-,27?/m0/s1. The van der Waals surface area contributed by atoms with Crippen LogP contribution in [-0.4, -0.2) is 52.1 Å². The number of benzene rings is 3. The summed E-state index contributed by atoms with van der Waals surface area (Å²) in [5.41, 5.74) is 3.74. The number of ether oxygens (including phenoxy) is 2. The Morgan fingerprint density at radius 2 is 1.84 bits per heavy atom. The van der Waals surface area contributed by atoms with Gasteiger partial charge in [-0.2, -0.15) is 0 Å². The van der Waals surface area contributed by atoms with Gasteiger partial charge in [-0.3, -0.25) is 4.90 Å². The third kappa shape index (κ3) is 5.41. The zero-order valence-electron chi connectivity index (χ0n) is 19.9. The normalized spacial score (nSPS) is 15.9. The molecule has 3 N–H and O–H groups in total. The van der Waals surface area contributed by atoms with E-state index in [-0.39, 0.29) is 19.0 Å². The molecule has 2 heterocycles. The lowest BCUT2D eigenvalue weighted by Crippen LogP contribution is -2.42. The first-order chi connectivity index (χ1) is 17.9. The lowest BCUT2D eigenvalue weighted by atomic mass is 9.92. The van der Waals surface area contributed by atoms with Crippen molar-refractivity contribution >= 4 is 28.6 Å². The molecule has 3 aromatic carbocycles. The number of nitrogens with zero attached hydrogens (tertiary/aromatic N) is 1. The molecule has 0 radical (unpaired) electrons. The number of rotatable bonds is 7. The Morgan fingerprint density at radius 3 is 2.57 bits per heavy atom. The van der Waals surface area contributed by atoms with E-state index in [1.165, 1.54) is 24.3 Å². The Kier molecular flexibility index (Phi) is 7.32. The maximum absolute atomic E-state index is 13.3. The summed E-state index contributed by atoms with van der Waals surface area (Å²) in [5.74, 6) is 0.451. The predicted molar refractivity (Wildman–Crippen MR) is 138 cm³/mol. The van der Waals surface area contributed by atoms with Crippen molar-refractivity contribution in [1.82, 2.24) is 9.88 Å². The number of aliphatic hydroxyl groups is 2. The summed E-state index contributed by atoms with van der Waals surface area (Å²) in [5, 5.41) is 20.1. The second-order valence-corrected chi connectivity index (χ2v) is 9.35. The van der Waals surface area contributed by atoms with Crippen molar-refractivity contribution in [2.75, 3.05) is 19.8 Å². The Labute approximate surface area is 218 Å². The Balaban J connectivity index is 1.46. The first-order valence-electron chi connectivity index (χ1n) is 12.0. The van der Waals surface area contributed by atoms with Gasteiger partial charge in [0, 0.05) is 34.6 Å². The van der Waals surface area contributed by atoms with Gasteiger partial charge in [0.05, 0.1) is 19.3 Å². The summed E-state index contributed by atoms with van der Waals surface area (Å²) >= 11 is 6.27. The average molecular weight is 525 g/mol. The number of aromatic amines is 1. The monoisotopic (exact) mass is 524 g/mol. The fourth-order valence-corrected chi connectivity index (χ4v) is 4.79. The number of H-pyrrole nitrogens is 1. The van der Waals surface area contributed by atoms with Crippen LogP contribution in [0.4, 0.5) is 9.18 Å². The fourth-order valence-electron chi connectivity index (χ4n) is 4.62. The summed E-state index contributed by atoms with van der Waals surface area (Å²) in [4.78, 5) is 18.4. The van der Waals surface area contributed by atoms with Crippen LogP contribution in [0.15, 0.2) is 66.7 Å². The van der Waals surface area contributed by atoms with Crippen LogP contribution in [0.25, 0.3) is 10.9 Å². The highest BCUT2D eigenvalue weighted by Crippen LogP contribution is 2.40. The van der Waals surface area contributed by atoms with Gasteiger partial charge in [-0.15, -0.1) is 0 Å². The predicted octanol–water partition coefficient (Wildman–Crippen LogP) is 5.23. The number of carbonyl (C=O) groups is 1. The van der Waals surface area contributed by atoms with Gasteiger partial charge in [-0.1, -0.05) is 23.7 Å². The van der Waals surface area contributed by atoms with E-state index in [1.807, 2.05) is 30.3 Å². The number of amides is 1. The zero-order chi connectivity index (χ0) is 25.9. The van der Waals surface area contributed by atoms with E-state index in [2.05, 4.69) is 4.98 Å². The highest BCUT2D eigenvalue weighted by Gasteiger charge is 2.35. The molecule has 0 fully saturated rings. The molecule has 9 heteroatoms. The van der Waals surface area contributed by atoms with Crippen LogP contribution >= 0.6 is 11.6 Å². The number of carbonyl (C=O) groups excluding carboxylic acids is 1.